The summed E-state index contributed by atoms with van der Waals surface area (Å²) < 4.78 is 0. The molecule has 0 N–H and O–H groups in total. The number of hydrogen-bond acceptors (Lipinski definition) is 1. The lowest BCUT2D eigenvalue weighted by atomic mass is 9.81. The van der Waals surface area contributed by atoms with Gasteiger partial charge >= 0.3 is 0 Å². The van der Waals surface area contributed by atoms with E-state index < -0.39 is 0 Å². The fraction of sp³-hybridized carbons (Fsp3) is 0.0741. The zero-order valence-electron chi connectivity index (χ0n) is 30.9. The second-order valence-electron chi connectivity index (χ2n) is 15.1. The number of rotatable bonds is 4. The average molecular weight is 719 g/mol. The fourth-order valence-electron chi connectivity index (χ4n) is 9.70. The van der Waals surface area contributed by atoms with E-state index in [1.165, 1.54) is 115 Å². The number of benzene rings is 9. The molecule has 55 heavy (non-hydrogen) atoms. The van der Waals surface area contributed by atoms with E-state index in [1.54, 1.807) is 0 Å². The Morgan fingerprint density at radius 2 is 0.855 bits per heavy atom. The van der Waals surface area contributed by atoms with Gasteiger partial charge in [0.05, 0.1) is 0 Å². The van der Waals surface area contributed by atoms with Crippen molar-refractivity contribution in [3.63, 3.8) is 0 Å². The first-order valence-electron chi connectivity index (χ1n) is 19.4. The van der Waals surface area contributed by atoms with Crippen LogP contribution in [-0.4, -0.2) is 5.25 Å². The standard InChI is InChI=1S/C54H38S/c1-33-16-14-17-34(2)49(33)53-43-26-12-8-22-39(43)51(40-23-9-13-27-44(40)53)36-30-31-48-47(32-36)45-28-15-29-46(54(45)55-48)52-41-24-10-6-20-37(41)50(35-18-4-3-5-19-35)38-21-7-11-25-42(38)52/h3-30,32,48H,31H2,1-2H3. The van der Waals surface area contributed by atoms with Gasteiger partial charge in [0.2, 0.25) is 0 Å². The molecule has 0 aromatic heterocycles. The molecule has 9 aromatic rings. The van der Waals surface area contributed by atoms with Crippen LogP contribution in [-0.2, 0) is 0 Å². The van der Waals surface area contributed by atoms with Crippen LogP contribution in [0.5, 0.6) is 0 Å². The van der Waals surface area contributed by atoms with Gasteiger partial charge in [-0.2, -0.15) is 0 Å². The highest BCUT2D eigenvalue weighted by atomic mass is 32.2. The van der Waals surface area contributed by atoms with E-state index >= 15 is 0 Å². The van der Waals surface area contributed by atoms with Gasteiger partial charge in [-0.15, -0.1) is 11.8 Å². The minimum atomic E-state index is 0.382. The fourth-order valence-corrected chi connectivity index (χ4v) is 11.1. The maximum Gasteiger partial charge on any atom is 0.0386 e. The largest absolute Gasteiger partial charge is 0.116 e. The van der Waals surface area contributed by atoms with E-state index in [0.29, 0.717) is 5.25 Å². The zero-order valence-corrected chi connectivity index (χ0v) is 31.8. The molecule has 1 unspecified atom stereocenters. The Labute approximate surface area is 326 Å². The van der Waals surface area contributed by atoms with Crippen molar-refractivity contribution in [3.05, 3.63) is 198 Å². The lowest BCUT2D eigenvalue weighted by Gasteiger charge is -2.23. The molecule has 1 heterocycles. The molecule has 1 aliphatic carbocycles. The van der Waals surface area contributed by atoms with Crippen LogP contribution in [0.25, 0.3) is 87.6 Å². The van der Waals surface area contributed by atoms with E-state index in [1.807, 2.05) is 0 Å². The lowest BCUT2D eigenvalue weighted by molar-refractivity contribution is 1.09. The predicted molar refractivity (Wildman–Crippen MR) is 239 cm³/mol. The zero-order chi connectivity index (χ0) is 36.6. The van der Waals surface area contributed by atoms with Gasteiger partial charge in [-0.25, -0.2) is 0 Å². The van der Waals surface area contributed by atoms with Crippen molar-refractivity contribution in [3.8, 4) is 33.4 Å². The first-order valence-corrected chi connectivity index (χ1v) is 20.2. The van der Waals surface area contributed by atoms with Crippen LogP contribution in [0, 0.1) is 13.8 Å². The summed E-state index contributed by atoms with van der Waals surface area (Å²) in [4.78, 5) is 1.40. The van der Waals surface area contributed by atoms with E-state index in [2.05, 4.69) is 202 Å². The minimum Gasteiger partial charge on any atom is -0.116 e. The van der Waals surface area contributed by atoms with Gasteiger partial charge in [-0.05, 0) is 136 Å². The summed E-state index contributed by atoms with van der Waals surface area (Å²) >= 11 is 2.05. The first-order chi connectivity index (χ1) is 27.2. The SMILES string of the molecule is Cc1cccc(C)c1-c1c2ccccc2c(C2=CCC3Sc4c(cccc4-c4c5ccccc5c(-c5ccccc5)c5ccccc45)C3=C2)c2ccccc12. The normalized spacial score (nSPS) is 15.0. The molecule has 0 amide bonds. The van der Waals surface area contributed by atoms with Gasteiger partial charge in [0.15, 0.2) is 0 Å². The van der Waals surface area contributed by atoms with Crippen LogP contribution in [0.3, 0.4) is 0 Å². The van der Waals surface area contributed by atoms with Gasteiger partial charge in [0, 0.05) is 10.1 Å². The smallest absolute Gasteiger partial charge is 0.0386 e. The molecule has 0 saturated heterocycles. The summed E-state index contributed by atoms with van der Waals surface area (Å²) in [6.07, 6.45) is 6.03. The third kappa shape index (κ3) is 4.93. The molecule has 1 heteroatoms. The van der Waals surface area contributed by atoms with Crippen molar-refractivity contribution in [2.24, 2.45) is 0 Å². The molecule has 0 saturated carbocycles. The molecule has 2 aliphatic rings. The molecule has 11 rings (SSSR count). The molecule has 1 aliphatic heterocycles. The Morgan fingerprint density at radius 1 is 0.400 bits per heavy atom. The number of hydrogen-bond donors (Lipinski definition) is 0. The van der Waals surface area contributed by atoms with Gasteiger partial charge in [-0.1, -0.05) is 170 Å². The maximum atomic E-state index is 2.53. The van der Waals surface area contributed by atoms with Gasteiger partial charge < -0.3 is 0 Å². The van der Waals surface area contributed by atoms with Crippen molar-refractivity contribution < 1.29 is 0 Å². The van der Waals surface area contributed by atoms with Crippen LogP contribution >= 0.6 is 11.8 Å². The van der Waals surface area contributed by atoms with Gasteiger partial charge in [-0.3, -0.25) is 0 Å². The number of thioether (sulfide) groups is 1. The predicted octanol–water partition coefficient (Wildman–Crippen LogP) is 15.3. The molecular formula is C54H38S. The molecule has 0 radical (unpaired) electrons. The Morgan fingerprint density at radius 3 is 1.42 bits per heavy atom. The summed E-state index contributed by atoms with van der Waals surface area (Å²) in [6, 6.07) is 60.8. The van der Waals surface area contributed by atoms with Gasteiger partial charge in [0.25, 0.3) is 0 Å². The van der Waals surface area contributed by atoms with Crippen molar-refractivity contribution in [1.82, 2.24) is 0 Å². The van der Waals surface area contributed by atoms with E-state index in [4.69, 9.17) is 0 Å². The Kier molecular flexibility index (Phi) is 7.47. The summed E-state index contributed by atoms with van der Waals surface area (Å²) in [5.41, 5.74) is 16.0. The maximum absolute atomic E-state index is 2.53. The minimum absolute atomic E-state index is 0.382. The summed E-state index contributed by atoms with van der Waals surface area (Å²) in [6.45, 7) is 4.50. The molecule has 260 valence electrons. The number of fused-ring (bicyclic) bond motifs is 7. The van der Waals surface area contributed by atoms with Crippen molar-refractivity contribution in [2.75, 3.05) is 0 Å². The van der Waals surface area contributed by atoms with Crippen molar-refractivity contribution in [2.45, 2.75) is 30.4 Å². The third-order valence-electron chi connectivity index (χ3n) is 12.0. The Hall–Kier alpha value is -6.15. The summed E-state index contributed by atoms with van der Waals surface area (Å²) in [7, 11) is 0. The van der Waals surface area contributed by atoms with Gasteiger partial charge in [0.1, 0.15) is 0 Å². The van der Waals surface area contributed by atoms with Crippen LogP contribution in [0.1, 0.15) is 28.7 Å². The number of allylic oxidation sites excluding steroid dienone is 3. The van der Waals surface area contributed by atoms with E-state index in [-0.39, 0.29) is 0 Å². The monoisotopic (exact) mass is 718 g/mol. The summed E-state index contributed by atoms with van der Waals surface area (Å²) in [5.74, 6) is 0. The lowest BCUT2D eigenvalue weighted by Crippen LogP contribution is -2.04. The highest BCUT2D eigenvalue weighted by Crippen LogP contribution is 2.56. The highest BCUT2D eigenvalue weighted by molar-refractivity contribution is 8.01. The van der Waals surface area contributed by atoms with E-state index in [9.17, 15) is 0 Å². The Balaban J connectivity index is 1.12. The van der Waals surface area contributed by atoms with Crippen LogP contribution in [0.4, 0.5) is 0 Å². The second-order valence-corrected chi connectivity index (χ2v) is 16.3. The average Bonchev–Trinajstić information content (AvgIpc) is 3.61. The molecule has 0 bridgehead atoms. The third-order valence-corrected chi connectivity index (χ3v) is 13.4. The summed E-state index contributed by atoms with van der Waals surface area (Å²) in [5, 5.41) is 10.9. The van der Waals surface area contributed by atoms with Crippen LogP contribution < -0.4 is 0 Å². The van der Waals surface area contributed by atoms with Crippen molar-refractivity contribution >= 4 is 66.0 Å². The number of aryl methyl sites for hydroxylation is 2. The molecule has 0 nitrogen and oxygen atoms in total. The van der Waals surface area contributed by atoms with Crippen LogP contribution in [0.15, 0.2) is 181 Å². The second kappa shape index (κ2) is 12.7. The topological polar surface area (TPSA) is 0 Å². The molecule has 9 aromatic carbocycles. The molecule has 0 fully saturated rings. The first kappa shape index (κ1) is 32.3. The quantitative estimate of drug-likeness (QED) is 0.163. The molecule has 0 spiro atoms. The molecule has 1 atom stereocenters. The highest BCUT2D eigenvalue weighted by Gasteiger charge is 2.33. The van der Waals surface area contributed by atoms with Crippen molar-refractivity contribution in [1.29, 1.82) is 0 Å². The van der Waals surface area contributed by atoms with E-state index in [0.717, 1.165) is 6.42 Å². The van der Waals surface area contributed by atoms with Crippen LogP contribution in [0.2, 0.25) is 0 Å². The Bertz CT molecular complexity index is 2970. The molecular weight excluding hydrogens is 681 g/mol.